The molecular weight excluding hydrogens is 100 g/mol. The molecule has 2 heteroatoms. The van der Waals surface area contributed by atoms with Crippen LogP contribution in [0.5, 0.6) is 0 Å². The predicted molar refractivity (Wildman–Crippen MR) is 35.7 cm³/mol. The molecule has 8 heavy (non-hydrogen) atoms. The maximum absolute atomic E-state index is 6.88. The van der Waals surface area contributed by atoms with Crippen LogP contribution in [0, 0.1) is 0 Å². The van der Waals surface area contributed by atoms with E-state index in [-0.39, 0.29) is 0 Å². The van der Waals surface area contributed by atoms with E-state index >= 15 is 0 Å². The first-order chi connectivity index (χ1) is 3.68. The van der Waals surface area contributed by atoms with Gasteiger partial charge in [-0.2, -0.15) is 0 Å². The molecule has 0 aliphatic carbocycles. The van der Waals surface area contributed by atoms with Gasteiger partial charge in [-0.15, -0.1) is 0 Å². The molecule has 0 rings (SSSR count). The molecule has 0 unspecified atom stereocenters. The van der Waals surface area contributed by atoms with Gasteiger partial charge in [0.1, 0.15) is 0 Å². The predicted octanol–water partition coefficient (Wildman–Crippen LogP) is 0.609. The highest BCUT2D eigenvalue weighted by atomic mass is 15.1. The van der Waals surface area contributed by atoms with Crippen LogP contribution in [-0.4, -0.2) is 31.1 Å². The first-order valence-corrected chi connectivity index (χ1v) is 3.03. The molecule has 0 atom stereocenters. The van der Waals surface area contributed by atoms with Crippen molar-refractivity contribution < 1.29 is 0 Å². The zero-order chi connectivity index (χ0) is 6.57. The Morgan fingerprint density at radius 2 is 2.00 bits per heavy atom. The molecule has 49 valence electrons. The Labute approximate surface area is 51.7 Å². The Morgan fingerprint density at radius 3 is 2.12 bits per heavy atom. The molecule has 0 aliphatic heterocycles. The maximum atomic E-state index is 6.88. The number of likely N-dealkylation sites (N-methyl/N-ethyl adjacent to an activating group) is 1. The second kappa shape index (κ2) is 3.87. The van der Waals surface area contributed by atoms with Crippen LogP contribution in [0.3, 0.4) is 0 Å². The lowest BCUT2D eigenvalue weighted by molar-refractivity contribution is 0.280. The van der Waals surface area contributed by atoms with Gasteiger partial charge >= 0.3 is 0 Å². The van der Waals surface area contributed by atoms with E-state index in [1.54, 1.807) is 0 Å². The summed E-state index contributed by atoms with van der Waals surface area (Å²) in [6.07, 6.45) is 0. The van der Waals surface area contributed by atoms with Crippen molar-refractivity contribution in [3.8, 4) is 0 Å². The summed E-state index contributed by atoms with van der Waals surface area (Å²) in [6.45, 7) is 5.66. The first-order valence-electron chi connectivity index (χ1n) is 3.03. The first kappa shape index (κ1) is 7.92. The molecule has 0 saturated heterocycles. The van der Waals surface area contributed by atoms with Crippen molar-refractivity contribution in [1.29, 1.82) is 0 Å². The van der Waals surface area contributed by atoms with Crippen LogP contribution in [0.2, 0.25) is 0 Å². The highest BCUT2D eigenvalue weighted by molar-refractivity contribution is 4.55. The monoisotopic (exact) mass is 115 g/mol. The molecule has 0 heterocycles. The third-order valence-electron chi connectivity index (χ3n) is 1.35. The van der Waals surface area contributed by atoms with E-state index in [0.29, 0.717) is 12.6 Å². The zero-order valence-corrected chi connectivity index (χ0v) is 5.94. The van der Waals surface area contributed by atoms with E-state index in [0.717, 1.165) is 6.54 Å². The van der Waals surface area contributed by atoms with E-state index in [1.807, 2.05) is 7.05 Å². The van der Waals surface area contributed by atoms with Crippen molar-refractivity contribution in [2.24, 2.45) is 0 Å². The van der Waals surface area contributed by atoms with Gasteiger partial charge < -0.3 is 4.90 Å². The maximum Gasteiger partial charge on any atom is 0.0228 e. The van der Waals surface area contributed by atoms with E-state index in [2.05, 4.69) is 18.7 Å². The Hall–Kier alpha value is -0.0800. The number of hydrogen-bond donors (Lipinski definition) is 0. The molecule has 0 amide bonds. The average molecular weight is 115 g/mol. The van der Waals surface area contributed by atoms with E-state index in [1.165, 1.54) is 0 Å². The van der Waals surface area contributed by atoms with Gasteiger partial charge in [-0.1, -0.05) is 0 Å². The van der Waals surface area contributed by atoms with Crippen molar-refractivity contribution in [2.45, 2.75) is 19.9 Å². The van der Waals surface area contributed by atoms with Crippen LogP contribution >= 0.6 is 0 Å². The lowest BCUT2D eigenvalue weighted by atomic mass is 10.3. The van der Waals surface area contributed by atoms with E-state index in [4.69, 9.17) is 5.73 Å². The van der Waals surface area contributed by atoms with Crippen molar-refractivity contribution in [3.05, 3.63) is 0 Å². The van der Waals surface area contributed by atoms with Crippen molar-refractivity contribution in [2.75, 3.05) is 20.1 Å². The minimum atomic E-state index is 0.509. The molecule has 0 fully saturated rings. The second-order valence-corrected chi connectivity index (χ2v) is 2.32. The highest BCUT2D eigenvalue weighted by Crippen LogP contribution is 1.89. The van der Waals surface area contributed by atoms with Crippen LogP contribution in [0.4, 0.5) is 0 Å². The fraction of sp³-hybridized carbons (Fsp3) is 1.00. The number of nitrogens with one attached hydrogen (secondary N) is 1. The molecule has 0 aliphatic rings. The molecule has 1 N–H and O–H groups in total. The molecule has 1 radical (unpaired) electrons. The molecule has 2 nitrogen and oxygen atoms in total. The van der Waals surface area contributed by atoms with Crippen LogP contribution < -0.4 is 5.73 Å². The van der Waals surface area contributed by atoms with Crippen LogP contribution in [0.1, 0.15) is 13.8 Å². The summed E-state index contributed by atoms with van der Waals surface area (Å²) < 4.78 is 0. The average Bonchev–Trinajstić information content (AvgIpc) is 1.67. The fourth-order valence-electron chi connectivity index (χ4n) is 0.435. The topological polar surface area (TPSA) is 27.0 Å². The summed E-state index contributed by atoms with van der Waals surface area (Å²) >= 11 is 0. The van der Waals surface area contributed by atoms with Gasteiger partial charge in [-0.05, 0) is 20.9 Å². The van der Waals surface area contributed by atoms with E-state index < -0.39 is 0 Å². The quantitative estimate of drug-likeness (QED) is 0.529. The minimum absolute atomic E-state index is 0.509. The smallest absolute Gasteiger partial charge is 0.0228 e. The van der Waals surface area contributed by atoms with Gasteiger partial charge in [-0.25, -0.2) is 0 Å². The molecule has 0 saturated carbocycles. The number of hydrogen-bond acceptors (Lipinski definition) is 1. The summed E-state index contributed by atoms with van der Waals surface area (Å²) in [6, 6.07) is 0.584. The van der Waals surface area contributed by atoms with Gasteiger partial charge in [0.2, 0.25) is 0 Å². The standard InChI is InChI=1S/C6H15N2/c1-6(2)8(3)5-4-7/h6-7H,4-5H2,1-3H3. The summed E-state index contributed by atoms with van der Waals surface area (Å²) in [5.74, 6) is 0. The van der Waals surface area contributed by atoms with E-state index in [9.17, 15) is 0 Å². The van der Waals surface area contributed by atoms with Crippen LogP contribution in [-0.2, 0) is 0 Å². The highest BCUT2D eigenvalue weighted by Gasteiger charge is 1.98. The number of nitrogens with zero attached hydrogens (tertiary/aromatic N) is 1. The molecule has 0 bridgehead atoms. The molecule has 0 spiro atoms. The normalized spacial score (nSPS) is 11.2. The van der Waals surface area contributed by atoms with Crippen molar-refractivity contribution in [3.63, 3.8) is 0 Å². The lowest BCUT2D eigenvalue weighted by Crippen LogP contribution is -2.29. The molecular formula is C6H15N2. The summed E-state index contributed by atoms with van der Waals surface area (Å²) in [5, 5.41) is 0. The summed E-state index contributed by atoms with van der Waals surface area (Å²) in [4.78, 5) is 2.16. The second-order valence-electron chi connectivity index (χ2n) is 2.32. The molecule has 0 aromatic rings. The Kier molecular flexibility index (Phi) is 3.83. The molecule has 0 aromatic carbocycles. The lowest BCUT2D eigenvalue weighted by Gasteiger charge is -2.18. The Bertz CT molecular complexity index is 52.5. The third kappa shape index (κ3) is 2.99. The summed E-state index contributed by atoms with van der Waals surface area (Å²) in [7, 11) is 2.04. The Morgan fingerprint density at radius 1 is 1.50 bits per heavy atom. The summed E-state index contributed by atoms with van der Waals surface area (Å²) in [5.41, 5.74) is 6.88. The van der Waals surface area contributed by atoms with Gasteiger partial charge in [0, 0.05) is 19.1 Å². The van der Waals surface area contributed by atoms with Crippen LogP contribution in [0.25, 0.3) is 0 Å². The Balaban J connectivity index is 3.17. The SMILES string of the molecule is CC(C)N(C)CC[NH]. The number of rotatable bonds is 3. The fourth-order valence-corrected chi connectivity index (χ4v) is 0.435. The third-order valence-corrected chi connectivity index (χ3v) is 1.35. The van der Waals surface area contributed by atoms with Gasteiger partial charge in [-0.3, -0.25) is 5.73 Å². The zero-order valence-electron chi connectivity index (χ0n) is 5.94. The minimum Gasteiger partial charge on any atom is -0.303 e. The van der Waals surface area contributed by atoms with Crippen molar-refractivity contribution in [1.82, 2.24) is 10.6 Å². The van der Waals surface area contributed by atoms with Crippen molar-refractivity contribution >= 4 is 0 Å². The van der Waals surface area contributed by atoms with Gasteiger partial charge in [0.25, 0.3) is 0 Å². The van der Waals surface area contributed by atoms with Gasteiger partial charge in [0.15, 0.2) is 0 Å². The largest absolute Gasteiger partial charge is 0.303 e. The van der Waals surface area contributed by atoms with Gasteiger partial charge in [0.05, 0.1) is 0 Å². The molecule has 0 aromatic heterocycles. The van der Waals surface area contributed by atoms with Crippen LogP contribution in [0.15, 0.2) is 0 Å².